The van der Waals surface area contributed by atoms with Gasteiger partial charge in [-0.3, -0.25) is 9.78 Å². The summed E-state index contributed by atoms with van der Waals surface area (Å²) >= 11 is 3.49. The predicted octanol–water partition coefficient (Wildman–Crippen LogP) is 8.72. The van der Waals surface area contributed by atoms with Gasteiger partial charge < -0.3 is 9.64 Å². The molecule has 3 aromatic rings. The fourth-order valence-electron chi connectivity index (χ4n) is 4.35. The molecule has 0 radical (unpaired) electrons. The zero-order chi connectivity index (χ0) is 27.8. The van der Waals surface area contributed by atoms with E-state index in [0.29, 0.717) is 25.3 Å². The molecule has 0 aliphatic heterocycles. The number of amides is 1. The van der Waals surface area contributed by atoms with E-state index < -0.39 is 0 Å². The summed E-state index contributed by atoms with van der Waals surface area (Å²) < 4.78 is 7.27. The van der Waals surface area contributed by atoms with Crippen LogP contribution in [0.15, 0.2) is 71.5 Å². The number of nitrogens with zero attached hydrogens (tertiary/aromatic N) is 2. The van der Waals surface area contributed by atoms with Gasteiger partial charge in [0.2, 0.25) is 0 Å². The first-order valence-electron chi connectivity index (χ1n) is 13.8. The van der Waals surface area contributed by atoms with Crippen LogP contribution in [0, 0.1) is 0 Å². The zero-order valence-electron chi connectivity index (χ0n) is 23.9. The van der Waals surface area contributed by atoms with Gasteiger partial charge in [-0.1, -0.05) is 75.7 Å². The summed E-state index contributed by atoms with van der Waals surface area (Å²) in [5.41, 5.74) is 4.57. The Labute approximate surface area is 238 Å². The molecule has 3 rings (SSSR count). The van der Waals surface area contributed by atoms with Crippen LogP contribution in [0.1, 0.15) is 94.3 Å². The maximum atomic E-state index is 13.4. The molecule has 0 saturated heterocycles. The molecule has 2 aromatic carbocycles. The molecule has 1 amide bonds. The maximum absolute atomic E-state index is 13.4. The lowest BCUT2D eigenvalue weighted by atomic mass is 9.76. The van der Waals surface area contributed by atoms with E-state index in [4.69, 9.17) is 4.74 Å². The first kappa shape index (κ1) is 29.9. The van der Waals surface area contributed by atoms with E-state index in [1.165, 1.54) is 11.1 Å². The zero-order valence-corrected chi connectivity index (χ0v) is 25.5. The van der Waals surface area contributed by atoms with Crippen LogP contribution in [0.5, 0.6) is 5.75 Å². The van der Waals surface area contributed by atoms with Crippen molar-refractivity contribution in [2.24, 2.45) is 0 Å². The lowest BCUT2D eigenvalue weighted by Crippen LogP contribution is -2.31. The van der Waals surface area contributed by atoms with Gasteiger partial charge in [0.25, 0.3) is 5.91 Å². The minimum absolute atomic E-state index is 0.0325. The summed E-state index contributed by atoms with van der Waals surface area (Å²) in [6.45, 7) is 15.5. The number of aromatic nitrogens is 1. The highest BCUT2D eigenvalue weighted by Gasteiger charge is 2.26. The molecule has 4 nitrogen and oxygen atoms in total. The number of rotatable bonds is 13. The van der Waals surface area contributed by atoms with E-state index in [0.717, 1.165) is 41.5 Å². The van der Waals surface area contributed by atoms with Crippen molar-refractivity contribution in [3.63, 3.8) is 0 Å². The third kappa shape index (κ3) is 7.92. The van der Waals surface area contributed by atoms with Gasteiger partial charge >= 0.3 is 0 Å². The molecule has 0 saturated carbocycles. The molecule has 0 bridgehead atoms. The SMILES string of the molecule is CCC(C)(C)c1ccc(OCCCCN(Cc2ccncc2)C(=O)c2cccc(Br)c2)c(C(C)(C)CC)c1. The Morgan fingerprint density at radius 1 is 0.921 bits per heavy atom. The number of carbonyl (C=O) groups is 1. The van der Waals surface area contributed by atoms with E-state index in [1.54, 1.807) is 12.4 Å². The molecule has 0 unspecified atom stereocenters. The third-order valence-corrected chi connectivity index (χ3v) is 8.31. The van der Waals surface area contributed by atoms with Gasteiger partial charge in [-0.25, -0.2) is 0 Å². The number of hydrogen-bond donors (Lipinski definition) is 0. The summed E-state index contributed by atoms with van der Waals surface area (Å²) in [5.74, 6) is 1.01. The molecular weight excluding hydrogens is 536 g/mol. The molecule has 0 spiro atoms. The summed E-state index contributed by atoms with van der Waals surface area (Å²) in [6.07, 6.45) is 7.40. The van der Waals surface area contributed by atoms with Crippen LogP contribution in [0.3, 0.4) is 0 Å². The fraction of sp³-hybridized carbons (Fsp3) is 0.455. The molecule has 0 fully saturated rings. The van der Waals surface area contributed by atoms with Gasteiger partial charge in [0.1, 0.15) is 5.75 Å². The van der Waals surface area contributed by atoms with Crippen LogP contribution in [0.2, 0.25) is 0 Å². The van der Waals surface area contributed by atoms with Crippen LogP contribution in [0.4, 0.5) is 0 Å². The Balaban J connectivity index is 1.67. The van der Waals surface area contributed by atoms with Gasteiger partial charge in [0, 0.05) is 41.1 Å². The number of halogens is 1. The lowest BCUT2D eigenvalue weighted by Gasteiger charge is -2.30. The van der Waals surface area contributed by atoms with Crippen molar-refractivity contribution >= 4 is 21.8 Å². The smallest absolute Gasteiger partial charge is 0.254 e. The monoisotopic (exact) mass is 578 g/mol. The Bertz CT molecular complexity index is 1190. The van der Waals surface area contributed by atoms with Crippen molar-refractivity contribution in [3.8, 4) is 5.75 Å². The first-order chi connectivity index (χ1) is 18.1. The van der Waals surface area contributed by atoms with Crippen molar-refractivity contribution in [3.05, 3.63) is 93.7 Å². The van der Waals surface area contributed by atoms with E-state index in [1.807, 2.05) is 41.3 Å². The average molecular weight is 580 g/mol. The lowest BCUT2D eigenvalue weighted by molar-refractivity contribution is 0.0737. The van der Waals surface area contributed by atoms with Gasteiger partial charge in [-0.2, -0.15) is 0 Å². The van der Waals surface area contributed by atoms with Crippen LogP contribution in [-0.4, -0.2) is 28.9 Å². The summed E-state index contributed by atoms with van der Waals surface area (Å²) in [6, 6.07) is 18.3. The van der Waals surface area contributed by atoms with Gasteiger partial charge in [-0.15, -0.1) is 0 Å². The Morgan fingerprint density at radius 3 is 2.29 bits per heavy atom. The molecule has 1 aromatic heterocycles. The predicted molar refractivity (Wildman–Crippen MR) is 161 cm³/mol. The highest BCUT2D eigenvalue weighted by Crippen LogP contribution is 2.38. The number of pyridine rings is 1. The normalized spacial score (nSPS) is 11.9. The van der Waals surface area contributed by atoms with E-state index in [9.17, 15) is 4.79 Å². The summed E-state index contributed by atoms with van der Waals surface area (Å²) in [7, 11) is 0. The van der Waals surface area contributed by atoms with Crippen LogP contribution < -0.4 is 4.74 Å². The second-order valence-corrected chi connectivity index (χ2v) is 12.2. The number of benzene rings is 2. The van der Waals surface area contributed by atoms with Crippen LogP contribution >= 0.6 is 15.9 Å². The number of carbonyl (C=O) groups excluding carboxylic acids is 1. The largest absolute Gasteiger partial charge is 0.493 e. The molecule has 0 aliphatic carbocycles. The quantitative estimate of drug-likeness (QED) is 0.190. The number of ether oxygens (including phenoxy) is 1. The molecule has 0 N–H and O–H groups in total. The molecule has 204 valence electrons. The summed E-state index contributed by atoms with van der Waals surface area (Å²) in [5, 5.41) is 0. The van der Waals surface area contributed by atoms with Gasteiger partial charge in [-0.05, 0) is 84.0 Å². The standard InChI is InChI=1S/C33H43BrN2O2/c1-7-32(3,4)27-14-15-30(29(23-27)33(5,6)8-2)38-21-10-9-20-36(24-25-16-18-35-19-17-25)31(37)26-12-11-13-28(34)22-26/h11-19,22-23H,7-10,20-21,24H2,1-6H3. The van der Waals surface area contributed by atoms with Crippen molar-refractivity contribution in [2.75, 3.05) is 13.2 Å². The topological polar surface area (TPSA) is 42.4 Å². The highest BCUT2D eigenvalue weighted by atomic mass is 79.9. The van der Waals surface area contributed by atoms with Crippen LogP contribution in [-0.2, 0) is 17.4 Å². The Morgan fingerprint density at radius 2 is 1.63 bits per heavy atom. The molecular formula is C33H43BrN2O2. The average Bonchev–Trinajstić information content (AvgIpc) is 2.92. The Kier molecular flexibility index (Phi) is 10.6. The first-order valence-corrected chi connectivity index (χ1v) is 14.6. The molecule has 5 heteroatoms. The molecule has 1 heterocycles. The molecule has 0 aliphatic rings. The van der Waals surface area contributed by atoms with E-state index >= 15 is 0 Å². The molecule has 38 heavy (non-hydrogen) atoms. The number of unbranched alkanes of at least 4 members (excludes halogenated alkanes) is 1. The Hall–Kier alpha value is -2.66. The van der Waals surface area contributed by atoms with Crippen molar-refractivity contribution in [1.29, 1.82) is 0 Å². The highest BCUT2D eigenvalue weighted by molar-refractivity contribution is 9.10. The third-order valence-electron chi connectivity index (χ3n) is 7.82. The summed E-state index contributed by atoms with van der Waals surface area (Å²) in [4.78, 5) is 19.4. The number of hydrogen-bond acceptors (Lipinski definition) is 3. The van der Waals surface area contributed by atoms with Gasteiger partial charge in [0.15, 0.2) is 0 Å². The second kappa shape index (κ2) is 13.4. The molecule has 0 atom stereocenters. The second-order valence-electron chi connectivity index (χ2n) is 11.3. The van der Waals surface area contributed by atoms with E-state index in [-0.39, 0.29) is 16.7 Å². The van der Waals surface area contributed by atoms with Gasteiger partial charge in [0.05, 0.1) is 6.61 Å². The fourth-order valence-corrected chi connectivity index (χ4v) is 4.75. The van der Waals surface area contributed by atoms with Crippen molar-refractivity contribution < 1.29 is 9.53 Å². The van der Waals surface area contributed by atoms with Crippen molar-refractivity contribution in [1.82, 2.24) is 9.88 Å². The maximum Gasteiger partial charge on any atom is 0.254 e. The minimum atomic E-state index is 0.0325. The van der Waals surface area contributed by atoms with Crippen LogP contribution in [0.25, 0.3) is 0 Å². The minimum Gasteiger partial charge on any atom is -0.493 e. The van der Waals surface area contributed by atoms with E-state index in [2.05, 4.69) is 80.7 Å². The van der Waals surface area contributed by atoms with Crippen molar-refractivity contribution in [2.45, 2.75) is 84.6 Å².